The maximum Gasteiger partial charge on any atom is 0.337 e. The quantitative estimate of drug-likeness (QED) is 0.751. The van der Waals surface area contributed by atoms with E-state index in [1.807, 2.05) is 6.92 Å². The Hall–Kier alpha value is -3.35. The molecule has 0 saturated carbocycles. The fraction of sp³-hybridized carbons (Fsp3) is 0.250. The average Bonchev–Trinajstić information content (AvgIpc) is 2.70. The molecule has 2 aromatic rings. The van der Waals surface area contributed by atoms with Gasteiger partial charge in [-0.1, -0.05) is 6.92 Å². The number of methoxy groups -OCH3 is 2. The molecule has 0 aliphatic carbocycles. The van der Waals surface area contributed by atoms with Crippen molar-refractivity contribution in [2.75, 3.05) is 26.1 Å². The Bertz CT molecular complexity index is 795. The highest BCUT2D eigenvalue weighted by atomic mass is 16.5. The van der Waals surface area contributed by atoms with Crippen molar-refractivity contribution in [2.45, 2.75) is 13.3 Å². The van der Waals surface area contributed by atoms with Gasteiger partial charge in [-0.05, 0) is 48.9 Å². The van der Waals surface area contributed by atoms with Crippen LogP contribution in [0.3, 0.4) is 0 Å². The number of amides is 1. The predicted molar refractivity (Wildman–Crippen MR) is 99.3 cm³/mol. The zero-order valence-corrected chi connectivity index (χ0v) is 15.4. The molecular weight excluding hydrogens is 350 g/mol. The fourth-order valence-corrected chi connectivity index (χ4v) is 2.30. The molecule has 0 unspecified atom stereocenters. The van der Waals surface area contributed by atoms with Crippen molar-refractivity contribution in [1.82, 2.24) is 0 Å². The van der Waals surface area contributed by atoms with E-state index in [0.29, 0.717) is 17.9 Å². The van der Waals surface area contributed by atoms with Crippen molar-refractivity contribution < 1.29 is 28.6 Å². The third-order valence-electron chi connectivity index (χ3n) is 3.62. The van der Waals surface area contributed by atoms with E-state index in [9.17, 15) is 14.4 Å². The minimum Gasteiger partial charge on any atom is -0.494 e. The summed E-state index contributed by atoms with van der Waals surface area (Å²) >= 11 is 0. The average molecular weight is 371 g/mol. The number of benzene rings is 2. The van der Waals surface area contributed by atoms with Gasteiger partial charge in [0.25, 0.3) is 5.91 Å². The summed E-state index contributed by atoms with van der Waals surface area (Å²) < 4.78 is 14.8. The molecule has 0 bridgehead atoms. The lowest BCUT2D eigenvalue weighted by Gasteiger charge is -2.10. The summed E-state index contributed by atoms with van der Waals surface area (Å²) in [4.78, 5) is 36.1. The molecule has 1 amide bonds. The van der Waals surface area contributed by atoms with E-state index in [4.69, 9.17) is 4.74 Å². The minimum atomic E-state index is -0.631. The maximum atomic E-state index is 12.5. The largest absolute Gasteiger partial charge is 0.494 e. The molecule has 0 heterocycles. The molecule has 2 rings (SSSR count). The van der Waals surface area contributed by atoms with Crippen LogP contribution in [0.5, 0.6) is 5.75 Å². The van der Waals surface area contributed by atoms with Gasteiger partial charge in [0.05, 0.1) is 32.0 Å². The van der Waals surface area contributed by atoms with Gasteiger partial charge in [0.15, 0.2) is 0 Å². The normalized spacial score (nSPS) is 10.0. The Morgan fingerprint density at radius 3 is 1.89 bits per heavy atom. The molecule has 7 nitrogen and oxygen atoms in total. The SMILES string of the molecule is CCCOc1ccc(C(=O)Nc2cc(C(=O)OC)cc(C(=O)OC)c2)cc1. The molecule has 0 radical (unpaired) electrons. The molecule has 0 saturated heterocycles. The van der Waals surface area contributed by atoms with Crippen LogP contribution in [0.25, 0.3) is 0 Å². The second-order valence-electron chi connectivity index (χ2n) is 5.61. The summed E-state index contributed by atoms with van der Waals surface area (Å²) in [5.74, 6) is -0.980. The van der Waals surface area contributed by atoms with Gasteiger partial charge < -0.3 is 19.5 Å². The molecule has 0 spiro atoms. The monoisotopic (exact) mass is 371 g/mol. The summed E-state index contributed by atoms with van der Waals surface area (Å²) in [6.45, 7) is 2.61. The van der Waals surface area contributed by atoms with Gasteiger partial charge in [0.1, 0.15) is 5.75 Å². The van der Waals surface area contributed by atoms with Crippen molar-refractivity contribution in [2.24, 2.45) is 0 Å². The van der Waals surface area contributed by atoms with Crippen LogP contribution in [0.4, 0.5) is 5.69 Å². The van der Waals surface area contributed by atoms with Gasteiger partial charge in [0, 0.05) is 11.3 Å². The zero-order valence-electron chi connectivity index (χ0n) is 15.4. The molecular formula is C20H21NO6. The summed E-state index contributed by atoms with van der Waals surface area (Å²) in [6, 6.07) is 10.9. The number of ether oxygens (including phenoxy) is 3. The third-order valence-corrected chi connectivity index (χ3v) is 3.62. The van der Waals surface area contributed by atoms with E-state index >= 15 is 0 Å². The van der Waals surface area contributed by atoms with Gasteiger partial charge in [-0.2, -0.15) is 0 Å². The molecule has 27 heavy (non-hydrogen) atoms. The van der Waals surface area contributed by atoms with Gasteiger partial charge >= 0.3 is 11.9 Å². The number of anilines is 1. The van der Waals surface area contributed by atoms with Gasteiger partial charge in [0.2, 0.25) is 0 Å². The number of carbonyl (C=O) groups is 3. The Kier molecular flexibility index (Phi) is 6.93. The van der Waals surface area contributed by atoms with E-state index in [2.05, 4.69) is 14.8 Å². The third kappa shape index (κ3) is 5.31. The molecule has 0 fully saturated rings. The molecule has 1 N–H and O–H groups in total. The number of esters is 2. The molecule has 7 heteroatoms. The lowest BCUT2D eigenvalue weighted by molar-refractivity contribution is 0.0599. The molecule has 142 valence electrons. The summed E-state index contributed by atoms with van der Waals surface area (Å²) in [5.41, 5.74) is 0.926. The first-order valence-corrected chi connectivity index (χ1v) is 8.34. The highest BCUT2D eigenvalue weighted by Gasteiger charge is 2.15. The molecule has 0 atom stereocenters. The van der Waals surface area contributed by atoms with Crippen LogP contribution in [0.15, 0.2) is 42.5 Å². The van der Waals surface area contributed by atoms with Gasteiger partial charge in [-0.15, -0.1) is 0 Å². The Morgan fingerprint density at radius 2 is 1.41 bits per heavy atom. The van der Waals surface area contributed by atoms with Crippen LogP contribution >= 0.6 is 0 Å². The lowest BCUT2D eigenvalue weighted by atomic mass is 10.1. The second-order valence-corrected chi connectivity index (χ2v) is 5.61. The summed E-state index contributed by atoms with van der Waals surface area (Å²) in [6.07, 6.45) is 0.890. The minimum absolute atomic E-state index is 0.124. The fourth-order valence-electron chi connectivity index (χ4n) is 2.30. The molecule has 2 aromatic carbocycles. The van der Waals surface area contributed by atoms with Crippen LogP contribution in [-0.2, 0) is 9.47 Å². The summed E-state index contributed by atoms with van der Waals surface area (Å²) in [5, 5.41) is 2.66. The Labute approximate surface area is 157 Å². The van der Waals surface area contributed by atoms with Crippen molar-refractivity contribution in [3.05, 3.63) is 59.2 Å². The number of hydrogen-bond donors (Lipinski definition) is 1. The van der Waals surface area contributed by atoms with Crippen molar-refractivity contribution in [1.29, 1.82) is 0 Å². The van der Waals surface area contributed by atoms with Crippen molar-refractivity contribution in [3.63, 3.8) is 0 Å². The first-order valence-electron chi connectivity index (χ1n) is 8.34. The van der Waals surface area contributed by atoms with Crippen LogP contribution < -0.4 is 10.1 Å². The molecule has 0 aliphatic heterocycles. The van der Waals surface area contributed by atoms with Crippen LogP contribution in [-0.4, -0.2) is 38.7 Å². The summed E-state index contributed by atoms with van der Waals surface area (Å²) in [7, 11) is 2.46. The van der Waals surface area contributed by atoms with Crippen molar-refractivity contribution >= 4 is 23.5 Å². The highest BCUT2D eigenvalue weighted by molar-refractivity contribution is 6.06. The first kappa shape index (κ1) is 20.0. The Morgan fingerprint density at radius 1 is 0.852 bits per heavy atom. The second kappa shape index (κ2) is 9.38. The standard InChI is InChI=1S/C20H21NO6/c1-4-9-27-17-7-5-13(6-8-17)18(22)21-16-11-14(19(23)25-2)10-15(12-16)20(24)26-3/h5-8,10-12H,4,9H2,1-3H3,(H,21,22). The Balaban J connectivity index is 2.23. The van der Waals surface area contributed by atoms with E-state index in [1.165, 1.54) is 32.4 Å². The molecule has 0 aromatic heterocycles. The van der Waals surface area contributed by atoms with E-state index < -0.39 is 17.8 Å². The van der Waals surface area contributed by atoms with E-state index in [1.54, 1.807) is 24.3 Å². The highest BCUT2D eigenvalue weighted by Crippen LogP contribution is 2.19. The van der Waals surface area contributed by atoms with Crippen LogP contribution in [0.1, 0.15) is 44.4 Å². The number of nitrogens with one attached hydrogen (secondary N) is 1. The van der Waals surface area contributed by atoms with E-state index in [0.717, 1.165) is 6.42 Å². The smallest absolute Gasteiger partial charge is 0.337 e. The number of hydrogen-bond acceptors (Lipinski definition) is 6. The van der Waals surface area contributed by atoms with Gasteiger partial charge in [-0.25, -0.2) is 9.59 Å². The number of rotatable bonds is 7. The van der Waals surface area contributed by atoms with Crippen LogP contribution in [0.2, 0.25) is 0 Å². The van der Waals surface area contributed by atoms with Crippen molar-refractivity contribution in [3.8, 4) is 5.75 Å². The predicted octanol–water partition coefficient (Wildman–Crippen LogP) is 3.30. The van der Waals surface area contributed by atoms with E-state index in [-0.39, 0.29) is 16.8 Å². The number of carbonyl (C=O) groups excluding carboxylic acids is 3. The van der Waals surface area contributed by atoms with Crippen LogP contribution in [0, 0.1) is 0 Å². The van der Waals surface area contributed by atoms with Gasteiger partial charge in [-0.3, -0.25) is 4.79 Å². The first-order chi connectivity index (χ1) is 13.0. The zero-order chi connectivity index (χ0) is 19.8. The molecule has 0 aliphatic rings. The lowest BCUT2D eigenvalue weighted by Crippen LogP contribution is -2.14. The topological polar surface area (TPSA) is 90.9 Å². The maximum absolute atomic E-state index is 12.5.